The lowest BCUT2D eigenvalue weighted by Gasteiger charge is -2.37. The largest absolute Gasteiger partial charge is 0.361 e. The molecule has 2 heteroatoms. The smallest absolute Gasteiger partial charge is 0.0492 e. The quantitative estimate of drug-likeness (QED) is 0.813. The normalized spacial score (nSPS) is 19.6. The molecule has 90 valence electrons. The van der Waals surface area contributed by atoms with E-state index in [1.54, 1.807) is 0 Å². The van der Waals surface area contributed by atoms with Crippen LogP contribution in [0.3, 0.4) is 0 Å². The summed E-state index contributed by atoms with van der Waals surface area (Å²) in [5.41, 5.74) is 9.05. The second kappa shape index (κ2) is 4.19. The Morgan fingerprint density at radius 3 is 2.71 bits per heavy atom. The minimum atomic E-state index is 0.211. The molecule has 1 saturated carbocycles. The predicted octanol–water partition coefficient (Wildman–Crippen LogP) is 3.33. The van der Waals surface area contributed by atoms with Gasteiger partial charge in [-0.3, -0.25) is 0 Å². The maximum Gasteiger partial charge on any atom is 0.0492 e. The highest BCUT2D eigenvalue weighted by atomic mass is 14.7. The van der Waals surface area contributed by atoms with Crippen molar-refractivity contribution in [2.45, 2.75) is 37.5 Å². The molecule has 2 nitrogen and oxygen atoms in total. The Bertz CT molecular complexity index is 506. The van der Waals surface area contributed by atoms with E-state index in [9.17, 15) is 0 Å². The van der Waals surface area contributed by atoms with Gasteiger partial charge in [-0.1, -0.05) is 37.5 Å². The highest BCUT2D eigenvalue weighted by molar-refractivity contribution is 5.83. The summed E-state index contributed by atoms with van der Waals surface area (Å²) in [5, 5.41) is 1.31. The summed E-state index contributed by atoms with van der Waals surface area (Å²) in [5.74, 6) is 0. The van der Waals surface area contributed by atoms with Crippen molar-refractivity contribution in [3.05, 3.63) is 36.0 Å². The molecular formula is C15H20N2. The van der Waals surface area contributed by atoms with E-state index in [-0.39, 0.29) is 5.41 Å². The van der Waals surface area contributed by atoms with E-state index >= 15 is 0 Å². The summed E-state index contributed by atoms with van der Waals surface area (Å²) in [4.78, 5) is 3.39. The molecule has 1 aliphatic rings. The van der Waals surface area contributed by atoms with Crippen molar-refractivity contribution in [3.63, 3.8) is 0 Å². The molecule has 0 unspecified atom stereocenters. The van der Waals surface area contributed by atoms with Gasteiger partial charge in [0.2, 0.25) is 0 Å². The highest BCUT2D eigenvalue weighted by Crippen LogP contribution is 2.41. The monoisotopic (exact) mass is 228 g/mol. The summed E-state index contributed by atoms with van der Waals surface area (Å²) < 4.78 is 0. The number of aromatic amines is 1. The number of benzene rings is 1. The highest BCUT2D eigenvalue weighted by Gasteiger charge is 2.33. The van der Waals surface area contributed by atoms with E-state index in [1.807, 2.05) is 6.20 Å². The first-order valence-corrected chi connectivity index (χ1v) is 6.62. The zero-order chi connectivity index (χ0) is 11.7. The second-order valence-corrected chi connectivity index (χ2v) is 5.29. The van der Waals surface area contributed by atoms with Gasteiger partial charge in [-0.25, -0.2) is 0 Å². The van der Waals surface area contributed by atoms with Gasteiger partial charge in [-0.2, -0.15) is 0 Å². The summed E-state index contributed by atoms with van der Waals surface area (Å²) in [6, 6.07) is 8.74. The Kier molecular flexibility index (Phi) is 2.67. The molecule has 3 rings (SSSR count). The van der Waals surface area contributed by atoms with Crippen molar-refractivity contribution in [2.24, 2.45) is 5.73 Å². The van der Waals surface area contributed by atoms with Crippen LogP contribution < -0.4 is 5.73 Å². The van der Waals surface area contributed by atoms with Crippen LogP contribution in [0.1, 0.15) is 37.7 Å². The maximum atomic E-state index is 6.12. The molecule has 1 fully saturated rings. The molecule has 17 heavy (non-hydrogen) atoms. The lowest BCUT2D eigenvalue weighted by molar-refractivity contribution is 0.302. The topological polar surface area (TPSA) is 41.8 Å². The van der Waals surface area contributed by atoms with Crippen molar-refractivity contribution in [2.75, 3.05) is 6.54 Å². The molecule has 0 spiro atoms. The molecule has 1 aromatic heterocycles. The van der Waals surface area contributed by atoms with Crippen molar-refractivity contribution in [1.29, 1.82) is 0 Å². The average molecular weight is 228 g/mol. The number of H-pyrrole nitrogens is 1. The van der Waals surface area contributed by atoms with Gasteiger partial charge in [0.25, 0.3) is 0 Å². The molecule has 0 saturated heterocycles. The van der Waals surface area contributed by atoms with Crippen molar-refractivity contribution in [1.82, 2.24) is 4.98 Å². The first-order valence-electron chi connectivity index (χ1n) is 6.62. The summed E-state index contributed by atoms with van der Waals surface area (Å²) in [6.07, 6.45) is 8.50. The average Bonchev–Trinajstić information content (AvgIpc) is 2.87. The first-order chi connectivity index (χ1) is 8.36. The molecule has 1 aromatic carbocycles. The van der Waals surface area contributed by atoms with Crippen molar-refractivity contribution < 1.29 is 0 Å². The number of fused-ring (bicyclic) bond motifs is 1. The third-order valence-corrected chi connectivity index (χ3v) is 4.36. The van der Waals surface area contributed by atoms with Gasteiger partial charge in [-0.15, -0.1) is 0 Å². The molecule has 0 aliphatic heterocycles. The number of hydrogen-bond acceptors (Lipinski definition) is 1. The van der Waals surface area contributed by atoms with Crippen LogP contribution in [0.5, 0.6) is 0 Å². The standard InChI is InChI=1S/C15H20N2/c16-11-15(8-2-1-3-9-15)13-6-4-5-12-7-10-17-14(12)13/h4-7,10,17H,1-3,8-9,11,16H2. The molecule has 1 heterocycles. The summed E-state index contributed by atoms with van der Waals surface area (Å²) >= 11 is 0. The first kappa shape index (κ1) is 10.8. The van der Waals surface area contributed by atoms with E-state index in [0.717, 1.165) is 6.54 Å². The Morgan fingerprint density at radius 2 is 1.94 bits per heavy atom. The fourth-order valence-electron chi connectivity index (χ4n) is 3.34. The minimum Gasteiger partial charge on any atom is -0.361 e. The Hall–Kier alpha value is -1.28. The fraction of sp³-hybridized carbons (Fsp3) is 0.467. The fourth-order valence-corrected chi connectivity index (χ4v) is 3.34. The molecule has 0 atom stereocenters. The van der Waals surface area contributed by atoms with Crippen LogP contribution in [0, 0.1) is 0 Å². The van der Waals surface area contributed by atoms with Crippen LogP contribution in [0.2, 0.25) is 0 Å². The van der Waals surface area contributed by atoms with Crippen LogP contribution in [-0.4, -0.2) is 11.5 Å². The van der Waals surface area contributed by atoms with Gasteiger partial charge >= 0.3 is 0 Å². The van der Waals surface area contributed by atoms with Gasteiger partial charge in [0, 0.05) is 23.7 Å². The molecule has 0 bridgehead atoms. The number of nitrogens with two attached hydrogens (primary N) is 1. The van der Waals surface area contributed by atoms with Crippen LogP contribution >= 0.6 is 0 Å². The predicted molar refractivity (Wildman–Crippen MR) is 72.1 cm³/mol. The summed E-state index contributed by atoms with van der Waals surface area (Å²) in [7, 11) is 0. The molecule has 2 aromatic rings. The molecule has 1 aliphatic carbocycles. The van der Waals surface area contributed by atoms with Crippen molar-refractivity contribution in [3.8, 4) is 0 Å². The number of rotatable bonds is 2. The summed E-state index contributed by atoms with van der Waals surface area (Å²) in [6.45, 7) is 0.769. The van der Waals surface area contributed by atoms with E-state index in [2.05, 4.69) is 29.2 Å². The van der Waals surface area contributed by atoms with E-state index in [0.29, 0.717) is 0 Å². The van der Waals surface area contributed by atoms with E-state index < -0.39 is 0 Å². The van der Waals surface area contributed by atoms with Gasteiger partial charge in [0.05, 0.1) is 0 Å². The second-order valence-electron chi connectivity index (χ2n) is 5.29. The van der Waals surface area contributed by atoms with Crippen LogP contribution in [0.25, 0.3) is 10.9 Å². The number of hydrogen-bond donors (Lipinski definition) is 2. The van der Waals surface area contributed by atoms with Gasteiger partial charge in [0.15, 0.2) is 0 Å². The number of nitrogens with one attached hydrogen (secondary N) is 1. The van der Waals surface area contributed by atoms with Gasteiger partial charge in [0.1, 0.15) is 0 Å². The van der Waals surface area contributed by atoms with Crippen LogP contribution in [0.4, 0.5) is 0 Å². The maximum absolute atomic E-state index is 6.12. The third-order valence-electron chi connectivity index (χ3n) is 4.36. The van der Waals surface area contributed by atoms with E-state index in [4.69, 9.17) is 5.73 Å². The number of aromatic nitrogens is 1. The molecular weight excluding hydrogens is 208 g/mol. The minimum absolute atomic E-state index is 0.211. The Morgan fingerprint density at radius 1 is 1.12 bits per heavy atom. The Labute approximate surface area is 102 Å². The SMILES string of the molecule is NCC1(c2cccc3cc[nH]c23)CCCCC1. The van der Waals surface area contributed by atoms with E-state index in [1.165, 1.54) is 48.6 Å². The van der Waals surface area contributed by atoms with Crippen molar-refractivity contribution >= 4 is 10.9 Å². The van der Waals surface area contributed by atoms with Crippen LogP contribution in [0.15, 0.2) is 30.5 Å². The third kappa shape index (κ3) is 1.67. The molecule has 0 amide bonds. The van der Waals surface area contributed by atoms with Gasteiger partial charge in [-0.05, 0) is 29.9 Å². The van der Waals surface area contributed by atoms with Crippen LogP contribution in [-0.2, 0) is 5.41 Å². The zero-order valence-corrected chi connectivity index (χ0v) is 10.2. The lowest BCUT2D eigenvalue weighted by Crippen LogP contribution is -2.37. The zero-order valence-electron chi connectivity index (χ0n) is 10.2. The lowest BCUT2D eigenvalue weighted by atomic mass is 9.69. The Balaban J connectivity index is 2.14. The molecule has 3 N–H and O–H groups in total. The molecule has 0 radical (unpaired) electrons. The van der Waals surface area contributed by atoms with Gasteiger partial charge < -0.3 is 10.7 Å². The number of para-hydroxylation sites is 1.